The van der Waals surface area contributed by atoms with Crippen molar-refractivity contribution in [1.82, 2.24) is 10.2 Å². The van der Waals surface area contributed by atoms with Gasteiger partial charge in [-0.2, -0.15) is 0 Å². The van der Waals surface area contributed by atoms with Crippen LogP contribution in [0.3, 0.4) is 0 Å². The van der Waals surface area contributed by atoms with Crippen molar-refractivity contribution in [3.8, 4) is 5.75 Å². The Morgan fingerprint density at radius 3 is 2.62 bits per heavy atom. The fourth-order valence-electron chi connectivity index (χ4n) is 3.70. The number of amides is 1. The van der Waals surface area contributed by atoms with Crippen molar-refractivity contribution in [2.75, 3.05) is 33.3 Å². The maximum atomic E-state index is 10.8. The van der Waals surface area contributed by atoms with Gasteiger partial charge in [0.15, 0.2) is 12.6 Å². The predicted molar refractivity (Wildman–Crippen MR) is 116 cm³/mol. The Hall–Kier alpha value is -3.02. The van der Waals surface area contributed by atoms with Crippen LogP contribution < -0.4 is 15.8 Å². The van der Waals surface area contributed by atoms with E-state index in [-0.39, 0.29) is 6.61 Å². The van der Waals surface area contributed by atoms with Crippen LogP contribution in [-0.2, 0) is 17.6 Å². The summed E-state index contributed by atoms with van der Waals surface area (Å²) in [6.45, 7) is 2.80. The van der Waals surface area contributed by atoms with Crippen LogP contribution in [-0.4, -0.2) is 50.1 Å². The van der Waals surface area contributed by atoms with Gasteiger partial charge in [-0.25, -0.2) is 0 Å². The summed E-state index contributed by atoms with van der Waals surface area (Å²) in [7, 11) is 1.84. The van der Waals surface area contributed by atoms with E-state index in [1.54, 1.807) is 0 Å². The molecule has 3 N–H and O–H groups in total. The number of aliphatic imine (C=N–C) groups is 1. The van der Waals surface area contributed by atoms with Crippen molar-refractivity contribution >= 4 is 11.9 Å². The van der Waals surface area contributed by atoms with Gasteiger partial charge < -0.3 is 20.7 Å². The summed E-state index contributed by atoms with van der Waals surface area (Å²) in [5, 5.41) is 3.48. The summed E-state index contributed by atoms with van der Waals surface area (Å²) in [4.78, 5) is 17.6. The van der Waals surface area contributed by atoms with Gasteiger partial charge in [0.1, 0.15) is 5.75 Å². The second kappa shape index (κ2) is 10.5. The lowest BCUT2D eigenvalue weighted by Crippen LogP contribution is -2.41. The van der Waals surface area contributed by atoms with E-state index in [1.807, 2.05) is 31.3 Å². The van der Waals surface area contributed by atoms with E-state index >= 15 is 0 Å². The molecule has 6 nitrogen and oxygen atoms in total. The molecule has 2 aromatic carbocycles. The number of rotatable bonds is 8. The van der Waals surface area contributed by atoms with Crippen molar-refractivity contribution in [2.45, 2.75) is 19.3 Å². The van der Waals surface area contributed by atoms with Crippen molar-refractivity contribution in [1.29, 1.82) is 0 Å². The number of benzene rings is 2. The molecule has 3 rings (SSSR count). The van der Waals surface area contributed by atoms with Gasteiger partial charge in [0.05, 0.1) is 0 Å². The fraction of sp³-hybridized carbons (Fsp3) is 0.391. The smallest absolute Gasteiger partial charge is 0.255 e. The highest BCUT2D eigenvalue weighted by molar-refractivity contribution is 5.80. The number of guanidine groups is 1. The first-order valence-corrected chi connectivity index (χ1v) is 10.1. The molecule has 1 aliphatic rings. The third-order valence-corrected chi connectivity index (χ3v) is 5.17. The number of nitrogens with zero attached hydrogens (tertiary/aromatic N) is 2. The summed E-state index contributed by atoms with van der Waals surface area (Å²) in [6, 6.07) is 18.4. The Morgan fingerprint density at radius 2 is 1.93 bits per heavy atom. The molecule has 1 saturated heterocycles. The highest BCUT2D eigenvalue weighted by atomic mass is 16.5. The molecule has 1 unspecified atom stereocenters. The molecular weight excluding hydrogens is 364 g/mol. The maximum Gasteiger partial charge on any atom is 0.255 e. The first-order valence-electron chi connectivity index (χ1n) is 10.1. The number of nitrogens with two attached hydrogens (primary N) is 1. The van der Waals surface area contributed by atoms with Gasteiger partial charge in [-0.3, -0.25) is 9.79 Å². The van der Waals surface area contributed by atoms with E-state index in [0.717, 1.165) is 38.4 Å². The molecule has 1 fully saturated rings. The zero-order valence-electron chi connectivity index (χ0n) is 17.0. The second-order valence-corrected chi connectivity index (χ2v) is 7.41. The highest BCUT2D eigenvalue weighted by Gasteiger charge is 2.24. The van der Waals surface area contributed by atoms with Gasteiger partial charge in [0.25, 0.3) is 5.91 Å². The predicted octanol–water partition coefficient (Wildman–Crippen LogP) is 2.23. The van der Waals surface area contributed by atoms with Crippen LogP contribution >= 0.6 is 0 Å². The van der Waals surface area contributed by atoms with Crippen molar-refractivity contribution in [3.05, 3.63) is 65.7 Å². The minimum atomic E-state index is -0.474. The molecule has 1 atom stereocenters. The summed E-state index contributed by atoms with van der Waals surface area (Å²) >= 11 is 0. The average molecular weight is 395 g/mol. The number of carbonyl (C=O) groups is 1. The van der Waals surface area contributed by atoms with E-state index < -0.39 is 5.91 Å². The van der Waals surface area contributed by atoms with Crippen LogP contribution in [0, 0.1) is 5.92 Å². The van der Waals surface area contributed by atoms with Gasteiger partial charge in [-0.1, -0.05) is 42.5 Å². The molecule has 0 radical (unpaired) electrons. The molecular formula is C23H30N4O2. The largest absolute Gasteiger partial charge is 0.484 e. The van der Waals surface area contributed by atoms with Crippen LogP contribution in [0.2, 0.25) is 0 Å². The SMILES string of the molecule is CN=C(NCCc1ccc(OCC(N)=O)cc1)N1CCC(Cc2ccccc2)C1. The third kappa shape index (κ3) is 6.52. The molecule has 0 saturated carbocycles. The number of ether oxygens (including phenoxy) is 1. The number of nitrogens with one attached hydrogen (secondary N) is 1. The summed E-state index contributed by atoms with van der Waals surface area (Å²) in [6.07, 6.45) is 3.21. The molecule has 2 aromatic rings. The zero-order valence-corrected chi connectivity index (χ0v) is 17.0. The molecule has 1 aliphatic heterocycles. The van der Waals surface area contributed by atoms with Crippen LogP contribution in [0.15, 0.2) is 59.6 Å². The first-order chi connectivity index (χ1) is 14.1. The summed E-state index contributed by atoms with van der Waals surface area (Å²) < 4.78 is 5.29. The van der Waals surface area contributed by atoms with Crippen molar-refractivity contribution < 1.29 is 9.53 Å². The van der Waals surface area contributed by atoms with E-state index in [2.05, 4.69) is 45.5 Å². The number of primary amides is 1. The van der Waals surface area contributed by atoms with Crippen LogP contribution in [0.25, 0.3) is 0 Å². The Labute approximate surface area is 172 Å². The van der Waals surface area contributed by atoms with Gasteiger partial charge >= 0.3 is 0 Å². The van der Waals surface area contributed by atoms with Crippen LogP contribution in [0.4, 0.5) is 0 Å². The second-order valence-electron chi connectivity index (χ2n) is 7.41. The topological polar surface area (TPSA) is 80.0 Å². The molecule has 154 valence electrons. The van der Waals surface area contributed by atoms with E-state index in [4.69, 9.17) is 10.5 Å². The molecule has 6 heteroatoms. The Bertz CT molecular complexity index is 805. The van der Waals surface area contributed by atoms with Crippen LogP contribution in [0.1, 0.15) is 17.5 Å². The Kier molecular flexibility index (Phi) is 7.50. The Balaban J connectivity index is 1.42. The molecule has 0 aromatic heterocycles. The fourth-order valence-corrected chi connectivity index (χ4v) is 3.70. The van der Waals surface area contributed by atoms with E-state index in [1.165, 1.54) is 17.5 Å². The van der Waals surface area contributed by atoms with E-state index in [0.29, 0.717) is 11.7 Å². The summed E-state index contributed by atoms with van der Waals surface area (Å²) in [5.74, 6) is 1.82. The maximum absolute atomic E-state index is 10.8. The van der Waals surface area contributed by atoms with Gasteiger partial charge in [0.2, 0.25) is 0 Å². The molecule has 29 heavy (non-hydrogen) atoms. The third-order valence-electron chi connectivity index (χ3n) is 5.17. The van der Waals surface area contributed by atoms with Crippen LogP contribution in [0.5, 0.6) is 5.75 Å². The molecule has 1 amide bonds. The number of hydrogen-bond acceptors (Lipinski definition) is 3. The molecule has 0 bridgehead atoms. The van der Waals surface area contributed by atoms with Gasteiger partial charge in [-0.05, 0) is 48.4 Å². The lowest BCUT2D eigenvalue weighted by atomic mass is 9.99. The zero-order chi connectivity index (χ0) is 20.5. The average Bonchev–Trinajstić information content (AvgIpc) is 3.19. The quantitative estimate of drug-likeness (QED) is 0.532. The van der Waals surface area contributed by atoms with E-state index in [9.17, 15) is 4.79 Å². The molecule has 0 spiro atoms. The van der Waals surface area contributed by atoms with Gasteiger partial charge in [0, 0.05) is 26.7 Å². The van der Waals surface area contributed by atoms with Crippen molar-refractivity contribution in [3.63, 3.8) is 0 Å². The van der Waals surface area contributed by atoms with Crippen molar-refractivity contribution in [2.24, 2.45) is 16.6 Å². The monoisotopic (exact) mass is 394 g/mol. The number of hydrogen-bond donors (Lipinski definition) is 2. The Morgan fingerprint density at radius 1 is 1.17 bits per heavy atom. The minimum Gasteiger partial charge on any atom is -0.484 e. The minimum absolute atomic E-state index is 0.0989. The normalized spacial score (nSPS) is 16.7. The lowest BCUT2D eigenvalue weighted by Gasteiger charge is -2.22. The summed E-state index contributed by atoms with van der Waals surface area (Å²) in [5.41, 5.74) is 7.69. The number of likely N-dealkylation sites (tertiary alicyclic amines) is 1. The molecule has 1 heterocycles. The molecule has 0 aliphatic carbocycles. The first kappa shape index (κ1) is 20.7. The number of carbonyl (C=O) groups excluding carboxylic acids is 1. The lowest BCUT2D eigenvalue weighted by molar-refractivity contribution is -0.119. The standard InChI is InChI=1S/C23H30N4O2/c1-25-23(27-14-12-20(16-27)15-19-5-3-2-4-6-19)26-13-11-18-7-9-21(10-8-18)29-17-22(24)28/h2-10,20H,11-17H2,1H3,(H2,24,28)(H,25,26). The van der Waals surface area contributed by atoms with Gasteiger partial charge in [-0.15, -0.1) is 0 Å². The highest BCUT2D eigenvalue weighted by Crippen LogP contribution is 2.21.